The van der Waals surface area contributed by atoms with Crippen molar-refractivity contribution in [3.63, 3.8) is 0 Å². The molecule has 28 heavy (non-hydrogen) atoms. The molecule has 0 aliphatic heterocycles. The third-order valence-electron chi connectivity index (χ3n) is 3.73. The van der Waals surface area contributed by atoms with Crippen molar-refractivity contribution in [2.24, 2.45) is 5.92 Å². The van der Waals surface area contributed by atoms with Gasteiger partial charge in [0.2, 0.25) is 15.7 Å². The average Bonchev–Trinajstić information content (AvgIpc) is 3.08. The molecule has 1 aromatic heterocycles. The minimum atomic E-state index is -4.05. The van der Waals surface area contributed by atoms with Crippen LogP contribution in [0.4, 0.5) is 0 Å². The fourth-order valence-corrected chi connectivity index (χ4v) is 5.64. The van der Waals surface area contributed by atoms with E-state index in [4.69, 9.17) is 27.6 Å². The second-order valence-electron chi connectivity index (χ2n) is 6.48. The number of hydrogen-bond donors (Lipinski definition) is 0. The largest absolute Gasteiger partial charge is 0.609 e. The van der Waals surface area contributed by atoms with E-state index >= 15 is 0 Å². The Morgan fingerprint density at radius 3 is 2.11 bits per heavy atom. The Labute approximate surface area is 176 Å². The first-order valence-corrected chi connectivity index (χ1v) is 11.9. The Kier molecular flexibility index (Phi) is 6.41. The lowest BCUT2D eigenvalue weighted by atomic mass is 10.2. The molecule has 0 amide bonds. The van der Waals surface area contributed by atoms with Crippen LogP contribution in [0.3, 0.4) is 0 Å². The van der Waals surface area contributed by atoms with Gasteiger partial charge < -0.3 is 8.97 Å². The minimum absolute atomic E-state index is 0.00402. The summed E-state index contributed by atoms with van der Waals surface area (Å²) in [5.41, 5.74) is 0.532. The highest BCUT2D eigenvalue weighted by molar-refractivity contribution is 7.94. The molecule has 0 saturated heterocycles. The standard InChI is InChI=1S/C19H17Cl2NO4S2/c1-12(2)11-27(23)19-18(28(24,25)16-9-7-15(21)8-10-16)22-17(26-19)13-3-5-14(20)6-4-13/h3-10,12H,11H2,1-2H3. The van der Waals surface area contributed by atoms with Crippen molar-refractivity contribution < 1.29 is 17.4 Å². The van der Waals surface area contributed by atoms with Gasteiger partial charge in [-0.1, -0.05) is 37.0 Å². The van der Waals surface area contributed by atoms with E-state index in [-0.39, 0.29) is 32.6 Å². The first-order chi connectivity index (χ1) is 13.2. The summed E-state index contributed by atoms with van der Waals surface area (Å²) in [5.74, 6) is 0.394. The van der Waals surface area contributed by atoms with E-state index in [1.54, 1.807) is 24.3 Å². The van der Waals surface area contributed by atoms with Crippen LogP contribution in [-0.2, 0) is 21.0 Å². The van der Waals surface area contributed by atoms with Crippen molar-refractivity contribution >= 4 is 44.2 Å². The van der Waals surface area contributed by atoms with Gasteiger partial charge in [-0.15, -0.1) is 0 Å². The molecule has 148 valence electrons. The van der Waals surface area contributed by atoms with E-state index in [9.17, 15) is 13.0 Å². The molecule has 0 fully saturated rings. The number of nitrogens with zero attached hydrogens (tertiary/aromatic N) is 1. The van der Waals surface area contributed by atoms with Crippen LogP contribution in [0, 0.1) is 5.92 Å². The number of halogens is 2. The third-order valence-corrected chi connectivity index (χ3v) is 7.70. The van der Waals surface area contributed by atoms with E-state index < -0.39 is 21.0 Å². The van der Waals surface area contributed by atoms with Gasteiger partial charge in [0.1, 0.15) is 5.75 Å². The molecule has 3 rings (SSSR count). The van der Waals surface area contributed by atoms with Gasteiger partial charge in [0.05, 0.1) is 4.90 Å². The summed E-state index contributed by atoms with van der Waals surface area (Å²) in [7, 11) is -4.05. The monoisotopic (exact) mass is 457 g/mol. The lowest BCUT2D eigenvalue weighted by molar-refractivity contribution is 0.442. The maximum atomic E-state index is 13.1. The Hall–Kier alpha value is -1.51. The molecule has 9 heteroatoms. The molecule has 0 saturated carbocycles. The van der Waals surface area contributed by atoms with Crippen LogP contribution in [0.5, 0.6) is 0 Å². The van der Waals surface area contributed by atoms with Crippen LogP contribution in [-0.4, -0.2) is 23.7 Å². The fraction of sp³-hybridized carbons (Fsp3) is 0.211. The van der Waals surface area contributed by atoms with Crippen molar-refractivity contribution in [3.8, 4) is 11.5 Å². The molecule has 1 atom stereocenters. The number of oxazole rings is 1. The molecule has 1 heterocycles. The van der Waals surface area contributed by atoms with Gasteiger partial charge in [-0.05, 0) is 54.4 Å². The Balaban J connectivity index is 2.14. The second-order valence-corrected chi connectivity index (χ2v) is 10.6. The van der Waals surface area contributed by atoms with E-state index in [1.165, 1.54) is 24.3 Å². The maximum absolute atomic E-state index is 13.1. The van der Waals surface area contributed by atoms with E-state index in [1.807, 2.05) is 13.8 Å². The molecule has 0 aliphatic carbocycles. The highest BCUT2D eigenvalue weighted by atomic mass is 35.5. The zero-order valence-electron chi connectivity index (χ0n) is 15.1. The van der Waals surface area contributed by atoms with E-state index in [0.29, 0.717) is 15.6 Å². The van der Waals surface area contributed by atoms with E-state index in [0.717, 1.165) is 0 Å². The van der Waals surface area contributed by atoms with Gasteiger partial charge in [-0.2, -0.15) is 4.98 Å². The molecule has 2 aromatic carbocycles. The van der Waals surface area contributed by atoms with Crippen molar-refractivity contribution in [1.82, 2.24) is 4.98 Å². The second kappa shape index (κ2) is 8.47. The van der Waals surface area contributed by atoms with Crippen molar-refractivity contribution in [2.75, 3.05) is 5.75 Å². The third kappa shape index (κ3) is 4.55. The summed E-state index contributed by atoms with van der Waals surface area (Å²) >= 11 is 10.1. The first-order valence-electron chi connectivity index (χ1n) is 8.34. The highest BCUT2D eigenvalue weighted by Gasteiger charge is 2.35. The molecule has 0 bridgehead atoms. The van der Waals surface area contributed by atoms with Crippen molar-refractivity contribution in [1.29, 1.82) is 0 Å². The molecular weight excluding hydrogens is 441 g/mol. The maximum Gasteiger partial charge on any atom is 0.351 e. The van der Waals surface area contributed by atoms with Gasteiger partial charge in [-0.25, -0.2) is 8.42 Å². The van der Waals surface area contributed by atoms with Gasteiger partial charge in [0, 0.05) is 26.8 Å². The normalized spacial score (nSPS) is 13.1. The molecule has 5 nitrogen and oxygen atoms in total. The van der Waals surface area contributed by atoms with Crippen LogP contribution in [0.2, 0.25) is 10.0 Å². The van der Waals surface area contributed by atoms with Crippen molar-refractivity contribution in [3.05, 3.63) is 58.6 Å². The minimum Gasteiger partial charge on any atom is -0.609 e. The van der Waals surface area contributed by atoms with Gasteiger partial charge in [0.25, 0.3) is 5.03 Å². The van der Waals surface area contributed by atoms with Crippen LogP contribution in [0.25, 0.3) is 11.5 Å². The van der Waals surface area contributed by atoms with Gasteiger partial charge in [-0.3, -0.25) is 0 Å². The first kappa shape index (κ1) is 21.2. The zero-order chi connectivity index (χ0) is 20.5. The lowest BCUT2D eigenvalue weighted by Gasteiger charge is -2.10. The van der Waals surface area contributed by atoms with Crippen LogP contribution in [0.15, 0.2) is 68.0 Å². The fourth-order valence-electron chi connectivity index (χ4n) is 2.43. The zero-order valence-corrected chi connectivity index (χ0v) is 18.2. The number of sulfone groups is 1. The highest BCUT2D eigenvalue weighted by Crippen LogP contribution is 2.33. The molecular formula is C19H17Cl2NO4S2. The Morgan fingerprint density at radius 2 is 1.57 bits per heavy atom. The Morgan fingerprint density at radius 1 is 1.04 bits per heavy atom. The average molecular weight is 458 g/mol. The smallest absolute Gasteiger partial charge is 0.351 e. The topological polar surface area (TPSA) is 83.2 Å². The molecule has 3 aromatic rings. The van der Waals surface area contributed by atoms with Gasteiger partial charge >= 0.3 is 5.09 Å². The summed E-state index contributed by atoms with van der Waals surface area (Å²) in [6.45, 7) is 3.78. The summed E-state index contributed by atoms with van der Waals surface area (Å²) < 4.78 is 44.7. The Bertz CT molecular complexity index is 1060. The number of aromatic nitrogens is 1. The summed E-state index contributed by atoms with van der Waals surface area (Å²) in [5, 5.41) is 0.421. The van der Waals surface area contributed by atoms with Crippen LogP contribution in [0.1, 0.15) is 13.8 Å². The predicted molar refractivity (Wildman–Crippen MR) is 110 cm³/mol. The molecule has 0 N–H and O–H groups in total. The van der Waals surface area contributed by atoms with Crippen LogP contribution >= 0.6 is 23.2 Å². The van der Waals surface area contributed by atoms with Gasteiger partial charge in [0.15, 0.2) is 0 Å². The quantitative estimate of drug-likeness (QED) is 0.472. The SMILES string of the molecule is CC(C)C[S+]([O-])c1oc(-c2ccc(Cl)cc2)nc1S(=O)(=O)c1ccc(Cl)cc1. The molecule has 1 unspecified atom stereocenters. The summed E-state index contributed by atoms with van der Waals surface area (Å²) in [4.78, 5) is 4.18. The summed E-state index contributed by atoms with van der Waals surface area (Å²) in [6, 6.07) is 12.3. The summed E-state index contributed by atoms with van der Waals surface area (Å²) in [6.07, 6.45) is 0. The number of rotatable bonds is 6. The predicted octanol–water partition coefficient (Wildman–Crippen LogP) is 5.24. The lowest BCUT2D eigenvalue weighted by Crippen LogP contribution is -2.15. The molecule has 0 radical (unpaired) electrons. The molecule has 0 aliphatic rings. The number of hydrogen-bond acceptors (Lipinski definition) is 5. The van der Waals surface area contributed by atoms with Crippen LogP contribution < -0.4 is 0 Å². The molecule has 0 spiro atoms. The number of benzene rings is 2. The van der Waals surface area contributed by atoms with Crippen molar-refractivity contribution in [2.45, 2.75) is 28.9 Å². The van der Waals surface area contributed by atoms with E-state index in [2.05, 4.69) is 4.98 Å².